The first kappa shape index (κ1) is 26.8. The number of benzene rings is 2. The fourth-order valence-electron chi connectivity index (χ4n) is 2.96. The maximum atomic E-state index is 12.6. The Hall–Kier alpha value is -3.21. The molecule has 6 N–H and O–H groups in total. The van der Waals surface area contributed by atoms with Crippen LogP contribution in [-0.4, -0.2) is 23.9 Å². The minimum Gasteiger partial charge on any atom is -0.731 e. The Morgan fingerprint density at radius 2 is 1.75 bits per heavy atom. The van der Waals surface area contributed by atoms with Gasteiger partial charge in [0.2, 0.25) is 11.8 Å². The minimum atomic E-state index is -4.58. The van der Waals surface area contributed by atoms with Crippen molar-refractivity contribution in [3.8, 4) is 0 Å². The van der Waals surface area contributed by atoms with Crippen molar-refractivity contribution in [1.29, 1.82) is 0 Å². The average molecular weight is 463 g/mol. The second kappa shape index (κ2) is 12.0. The van der Waals surface area contributed by atoms with E-state index < -0.39 is 16.3 Å². The van der Waals surface area contributed by atoms with Gasteiger partial charge in [-0.2, -0.15) is 0 Å². The molecule has 0 aliphatic rings. The lowest BCUT2D eigenvalue weighted by molar-refractivity contribution is -0.121. The van der Waals surface area contributed by atoms with Gasteiger partial charge in [-0.15, -0.1) is 0 Å². The molecule has 0 unspecified atom stereocenters. The summed E-state index contributed by atoms with van der Waals surface area (Å²) in [6.07, 6.45) is 2.88. The maximum absolute atomic E-state index is 12.6. The molecule has 0 bridgehead atoms. The monoisotopic (exact) mass is 462 g/mol. The Labute approximate surface area is 188 Å². The summed E-state index contributed by atoms with van der Waals surface area (Å²) in [7, 11) is -4.58. The van der Waals surface area contributed by atoms with Crippen LogP contribution in [0.4, 0.5) is 5.69 Å². The van der Waals surface area contributed by atoms with Crippen LogP contribution in [0.25, 0.3) is 0 Å². The normalized spacial score (nSPS) is 11.6. The first-order valence-electron chi connectivity index (χ1n) is 9.42. The number of amides is 1. The molecule has 3 aromatic rings. The molecule has 1 amide bonds. The molecule has 0 radical (unpaired) electrons. The van der Waals surface area contributed by atoms with Gasteiger partial charge < -0.3 is 20.4 Å². The Kier molecular flexibility index (Phi) is 10.0. The maximum Gasteiger partial charge on any atom is 0.225 e. The summed E-state index contributed by atoms with van der Waals surface area (Å²) in [5, 5.41) is 2.96. The zero-order valence-electron chi connectivity index (χ0n) is 17.4. The SMILES string of the molecule is C.CCc1coc([C@H](Cc2ccc(NS(=O)(=O)[O-])cc2)NC(=O)Cc2ccccc2)n1.[NH4+]. The molecule has 32 heavy (non-hydrogen) atoms. The van der Waals surface area contributed by atoms with Gasteiger partial charge in [0, 0.05) is 12.1 Å². The zero-order valence-corrected chi connectivity index (χ0v) is 18.2. The summed E-state index contributed by atoms with van der Waals surface area (Å²) >= 11 is 0. The van der Waals surface area contributed by atoms with E-state index in [0.717, 1.165) is 16.8 Å². The molecule has 0 fully saturated rings. The Bertz CT molecular complexity index is 1080. The van der Waals surface area contributed by atoms with E-state index in [-0.39, 0.29) is 31.6 Å². The van der Waals surface area contributed by atoms with Crippen LogP contribution in [0.15, 0.2) is 65.3 Å². The molecule has 0 saturated heterocycles. The lowest BCUT2D eigenvalue weighted by atomic mass is 10.0. The number of carbonyl (C=O) groups excluding carboxylic acids is 1. The van der Waals surface area contributed by atoms with Crippen molar-refractivity contribution in [2.75, 3.05) is 4.72 Å². The van der Waals surface area contributed by atoms with Crippen LogP contribution in [0.1, 0.15) is 43.1 Å². The number of nitrogens with one attached hydrogen (secondary N) is 2. The predicted octanol–water partition coefficient (Wildman–Crippen LogP) is 3.76. The highest BCUT2D eigenvalue weighted by molar-refractivity contribution is 7.87. The first-order valence-corrected chi connectivity index (χ1v) is 10.8. The molecule has 0 aliphatic carbocycles. The minimum absolute atomic E-state index is 0. The predicted molar refractivity (Wildman–Crippen MR) is 123 cm³/mol. The van der Waals surface area contributed by atoms with Gasteiger partial charge in [0.05, 0.1) is 12.1 Å². The highest BCUT2D eigenvalue weighted by Gasteiger charge is 2.21. The van der Waals surface area contributed by atoms with Gasteiger partial charge in [-0.05, 0) is 29.7 Å². The lowest BCUT2D eigenvalue weighted by Crippen LogP contribution is -2.31. The van der Waals surface area contributed by atoms with Crippen molar-refractivity contribution in [3.63, 3.8) is 0 Å². The number of quaternary nitrogens is 1. The number of rotatable bonds is 9. The molecule has 1 aromatic heterocycles. The molecule has 0 aliphatic heterocycles. The molecule has 1 atom stereocenters. The fourth-order valence-corrected chi connectivity index (χ4v) is 3.39. The fraction of sp³-hybridized carbons (Fsp3) is 0.273. The molecular formula is C22H30N4O5S. The number of aromatic nitrogens is 1. The van der Waals surface area contributed by atoms with Gasteiger partial charge in [0.1, 0.15) is 12.3 Å². The van der Waals surface area contributed by atoms with Crippen molar-refractivity contribution in [3.05, 3.63) is 83.6 Å². The summed E-state index contributed by atoms with van der Waals surface area (Å²) in [6, 6.07) is 15.2. The summed E-state index contributed by atoms with van der Waals surface area (Å²) < 4.78 is 39.9. The van der Waals surface area contributed by atoms with Crippen LogP contribution in [0.2, 0.25) is 0 Å². The number of nitrogens with zero attached hydrogens (tertiary/aromatic N) is 1. The van der Waals surface area contributed by atoms with Gasteiger partial charge in [-0.3, -0.25) is 9.52 Å². The third-order valence-corrected chi connectivity index (χ3v) is 4.89. The van der Waals surface area contributed by atoms with Crippen LogP contribution < -0.4 is 16.2 Å². The summed E-state index contributed by atoms with van der Waals surface area (Å²) in [4.78, 5) is 17.0. The molecule has 0 saturated carbocycles. The number of oxazole rings is 1. The van der Waals surface area contributed by atoms with Crippen LogP contribution in [0, 0.1) is 0 Å². The van der Waals surface area contributed by atoms with E-state index in [1.165, 1.54) is 12.1 Å². The van der Waals surface area contributed by atoms with E-state index in [4.69, 9.17) is 4.42 Å². The van der Waals surface area contributed by atoms with E-state index in [1.54, 1.807) is 18.4 Å². The molecule has 10 heteroatoms. The standard InChI is InChI=1S/C21H23N3O5S.CH4.H3N/c1-2-17-14-29-21(22-17)19(23-20(25)13-15-6-4-3-5-7-15)12-16-8-10-18(11-9-16)24-30(26,27)28;;/h3-11,14,19,24H,2,12-13H2,1H3,(H,23,25)(H,26,27,28);1H4;1H3/t19-;;/m0../s1. The van der Waals surface area contributed by atoms with Crippen molar-refractivity contribution in [1.82, 2.24) is 16.5 Å². The summed E-state index contributed by atoms with van der Waals surface area (Å²) in [5.41, 5.74) is 2.66. The van der Waals surface area contributed by atoms with Gasteiger partial charge in [0.15, 0.2) is 10.3 Å². The molecular weight excluding hydrogens is 432 g/mol. The van der Waals surface area contributed by atoms with E-state index in [2.05, 4.69) is 10.3 Å². The number of anilines is 1. The topological polar surface area (TPSA) is 161 Å². The van der Waals surface area contributed by atoms with Gasteiger partial charge in [0.25, 0.3) is 0 Å². The van der Waals surface area contributed by atoms with Crippen molar-refractivity contribution < 1.29 is 22.2 Å². The quantitative estimate of drug-likeness (QED) is 0.410. The Balaban J connectivity index is 0.00000256. The van der Waals surface area contributed by atoms with E-state index >= 15 is 0 Å². The van der Waals surface area contributed by atoms with Crippen LogP contribution in [0.3, 0.4) is 0 Å². The van der Waals surface area contributed by atoms with Crippen molar-refractivity contribution >= 4 is 21.9 Å². The molecule has 0 spiro atoms. The van der Waals surface area contributed by atoms with E-state index in [1.807, 2.05) is 42.0 Å². The van der Waals surface area contributed by atoms with Gasteiger partial charge in [-0.1, -0.05) is 56.8 Å². The lowest BCUT2D eigenvalue weighted by Gasteiger charge is -2.17. The highest BCUT2D eigenvalue weighted by atomic mass is 32.2. The number of aryl methyl sites for hydroxylation is 1. The molecule has 1 heterocycles. The molecule has 174 valence electrons. The summed E-state index contributed by atoms with van der Waals surface area (Å²) in [5.74, 6) is 0.232. The Morgan fingerprint density at radius 3 is 2.31 bits per heavy atom. The second-order valence-corrected chi connectivity index (χ2v) is 7.88. The van der Waals surface area contributed by atoms with E-state index in [0.29, 0.717) is 18.7 Å². The Morgan fingerprint density at radius 1 is 1.09 bits per heavy atom. The van der Waals surface area contributed by atoms with Crippen LogP contribution in [0.5, 0.6) is 0 Å². The van der Waals surface area contributed by atoms with Crippen LogP contribution in [-0.2, 0) is 34.4 Å². The summed E-state index contributed by atoms with van der Waals surface area (Å²) in [6.45, 7) is 1.96. The first-order chi connectivity index (χ1) is 14.3. The third-order valence-electron chi connectivity index (χ3n) is 4.41. The molecule has 9 nitrogen and oxygen atoms in total. The largest absolute Gasteiger partial charge is 0.731 e. The van der Waals surface area contributed by atoms with Crippen LogP contribution >= 0.6 is 0 Å². The van der Waals surface area contributed by atoms with Crippen molar-refractivity contribution in [2.24, 2.45) is 0 Å². The molecule has 3 rings (SSSR count). The third kappa shape index (κ3) is 8.14. The van der Waals surface area contributed by atoms with Gasteiger partial charge in [-0.25, -0.2) is 13.4 Å². The smallest absolute Gasteiger partial charge is 0.225 e. The number of hydrogen-bond donors (Lipinski definition) is 3. The second-order valence-electron chi connectivity index (χ2n) is 6.77. The number of hydrogen-bond acceptors (Lipinski definition) is 6. The zero-order chi connectivity index (χ0) is 21.6. The molecule has 2 aromatic carbocycles. The van der Waals surface area contributed by atoms with Crippen molar-refractivity contribution in [2.45, 2.75) is 39.7 Å². The van der Waals surface area contributed by atoms with Gasteiger partial charge >= 0.3 is 0 Å². The number of carbonyl (C=O) groups is 1. The van der Waals surface area contributed by atoms with E-state index in [9.17, 15) is 17.8 Å². The average Bonchev–Trinajstić information content (AvgIpc) is 3.18. The highest BCUT2D eigenvalue weighted by Crippen LogP contribution is 2.20.